The Morgan fingerprint density at radius 2 is 2.03 bits per heavy atom. The Morgan fingerprint density at radius 3 is 2.84 bits per heavy atom. The smallest absolute Gasteiger partial charge is 0.264 e. The number of hydrogen-bond acceptors (Lipinski definition) is 7. The number of nitrogens with zero attached hydrogens (tertiary/aromatic N) is 6. The fourth-order valence-electron chi connectivity index (χ4n) is 3.57. The quantitative estimate of drug-likeness (QED) is 0.547. The van der Waals surface area contributed by atoms with E-state index >= 15 is 0 Å². The third-order valence-electron chi connectivity index (χ3n) is 5.16. The lowest BCUT2D eigenvalue weighted by Gasteiger charge is -2.19. The van der Waals surface area contributed by atoms with Gasteiger partial charge in [0.2, 0.25) is 5.95 Å². The van der Waals surface area contributed by atoms with Gasteiger partial charge in [-0.3, -0.25) is 19.0 Å². The van der Waals surface area contributed by atoms with Gasteiger partial charge in [-0.15, -0.1) is 0 Å². The average molecular weight is 415 g/mol. The van der Waals surface area contributed by atoms with E-state index in [1.807, 2.05) is 32.3 Å². The maximum absolute atomic E-state index is 12.9. The molecule has 0 atom stereocenters. The molecule has 0 aromatic carbocycles. The molecule has 0 aliphatic carbocycles. The average Bonchev–Trinajstić information content (AvgIpc) is 3.22. The van der Waals surface area contributed by atoms with Crippen molar-refractivity contribution < 1.29 is 4.74 Å². The summed E-state index contributed by atoms with van der Waals surface area (Å²) in [7, 11) is 1.86. The van der Waals surface area contributed by atoms with Crippen LogP contribution in [0.2, 0.25) is 0 Å². The number of hydrogen-bond donors (Lipinski definition) is 1. The van der Waals surface area contributed by atoms with Gasteiger partial charge in [0.15, 0.2) is 0 Å². The molecule has 0 bridgehead atoms. The van der Waals surface area contributed by atoms with Gasteiger partial charge in [-0.2, -0.15) is 5.10 Å². The molecule has 0 unspecified atom stereocenters. The van der Waals surface area contributed by atoms with E-state index in [9.17, 15) is 4.79 Å². The Morgan fingerprint density at radius 1 is 1.13 bits per heavy atom. The molecule has 9 heteroatoms. The minimum absolute atomic E-state index is 0.0898. The molecule has 0 saturated heterocycles. The maximum atomic E-state index is 12.9. The molecule has 1 aliphatic heterocycles. The summed E-state index contributed by atoms with van der Waals surface area (Å²) in [5.74, 6) is 1.87. The van der Waals surface area contributed by atoms with Crippen LogP contribution in [-0.4, -0.2) is 35.8 Å². The predicted molar refractivity (Wildman–Crippen MR) is 116 cm³/mol. The molecule has 5 heterocycles. The van der Waals surface area contributed by atoms with Gasteiger partial charge >= 0.3 is 0 Å². The predicted octanol–water partition coefficient (Wildman–Crippen LogP) is 3.02. The second kappa shape index (κ2) is 7.67. The van der Waals surface area contributed by atoms with E-state index in [4.69, 9.17) is 4.74 Å². The first kappa shape index (κ1) is 19.0. The lowest BCUT2D eigenvalue weighted by atomic mass is 10.2. The Labute approximate surface area is 178 Å². The van der Waals surface area contributed by atoms with Gasteiger partial charge in [0.25, 0.3) is 5.56 Å². The fourth-order valence-corrected chi connectivity index (χ4v) is 3.57. The fraction of sp³-hybridized carbons (Fsp3) is 0.227. The van der Waals surface area contributed by atoms with Crippen LogP contribution in [0.15, 0.2) is 53.8 Å². The van der Waals surface area contributed by atoms with Crippen LogP contribution in [-0.2, 0) is 13.6 Å². The van der Waals surface area contributed by atoms with Crippen LogP contribution in [0, 0.1) is 6.92 Å². The molecule has 0 spiro atoms. The van der Waals surface area contributed by atoms with Crippen molar-refractivity contribution in [3.63, 3.8) is 0 Å². The number of pyridine rings is 2. The minimum Gasteiger partial charge on any atom is -0.455 e. The van der Waals surface area contributed by atoms with Crippen molar-refractivity contribution in [2.24, 2.45) is 7.05 Å². The van der Waals surface area contributed by atoms with Crippen LogP contribution in [0.4, 0.5) is 5.95 Å². The van der Waals surface area contributed by atoms with Crippen LogP contribution in [0.25, 0.3) is 22.5 Å². The monoisotopic (exact) mass is 415 g/mol. The van der Waals surface area contributed by atoms with E-state index in [0.29, 0.717) is 40.9 Å². The number of ether oxygens (including phenoxy) is 1. The van der Waals surface area contributed by atoms with Crippen molar-refractivity contribution in [1.29, 1.82) is 0 Å². The third-order valence-corrected chi connectivity index (χ3v) is 5.16. The summed E-state index contributed by atoms with van der Waals surface area (Å²) in [5.41, 5.74) is 3.33. The first-order valence-electron chi connectivity index (χ1n) is 10.0. The molecule has 5 rings (SSSR count). The number of nitrogens with one attached hydrogen (secondary N) is 1. The van der Waals surface area contributed by atoms with Crippen LogP contribution >= 0.6 is 0 Å². The van der Waals surface area contributed by atoms with E-state index in [0.717, 1.165) is 24.2 Å². The lowest BCUT2D eigenvalue weighted by molar-refractivity contribution is 0.475. The zero-order valence-corrected chi connectivity index (χ0v) is 17.2. The molecule has 0 radical (unpaired) electrons. The molecule has 0 fully saturated rings. The molecule has 0 amide bonds. The van der Waals surface area contributed by atoms with Gasteiger partial charge < -0.3 is 10.1 Å². The summed E-state index contributed by atoms with van der Waals surface area (Å²) < 4.78 is 9.44. The van der Waals surface area contributed by atoms with Gasteiger partial charge in [0.1, 0.15) is 11.5 Å². The number of aryl methyl sites for hydroxylation is 2. The van der Waals surface area contributed by atoms with Crippen LogP contribution < -0.4 is 15.6 Å². The van der Waals surface area contributed by atoms with Gasteiger partial charge in [-0.05, 0) is 31.5 Å². The summed E-state index contributed by atoms with van der Waals surface area (Å²) in [5, 5.41) is 7.33. The largest absolute Gasteiger partial charge is 0.455 e. The standard InChI is InChI=1S/C22H21N7O2/c1-14-20(31-16-6-8-23-19(10-16)15-11-26-28(2)13-15)5-4-18(27-14)17-12-25-22-24-7-3-9-29(22)21(17)30/h4-6,8,10-13H,3,7,9H2,1-2H3,(H,24,25). The molecule has 4 aromatic rings. The van der Waals surface area contributed by atoms with Crippen molar-refractivity contribution in [1.82, 2.24) is 29.3 Å². The van der Waals surface area contributed by atoms with Crippen molar-refractivity contribution in [2.45, 2.75) is 19.9 Å². The molecule has 9 nitrogen and oxygen atoms in total. The van der Waals surface area contributed by atoms with Crippen LogP contribution in [0.1, 0.15) is 12.1 Å². The second-order valence-electron chi connectivity index (χ2n) is 7.39. The highest BCUT2D eigenvalue weighted by Gasteiger charge is 2.16. The van der Waals surface area contributed by atoms with E-state index in [-0.39, 0.29) is 5.56 Å². The summed E-state index contributed by atoms with van der Waals surface area (Å²) in [4.78, 5) is 26.2. The Bertz CT molecular complexity index is 1330. The number of aromatic nitrogens is 6. The Hall–Kier alpha value is -4.01. The molecule has 1 aliphatic rings. The number of fused-ring (bicyclic) bond motifs is 1. The van der Waals surface area contributed by atoms with Crippen LogP contribution in [0.5, 0.6) is 11.5 Å². The van der Waals surface area contributed by atoms with E-state index in [2.05, 4.69) is 25.4 Å². The van der Waals surface area contributed by atoms with E-state index < -0.39 is 0 Å². The van der Waals surface area contributed by atoms with Crippen molar-refractivity contribution in [2.75, 3.05) is 11.9 Å². The minimum atomic E-state index is -0.0898. The van der Waals surface area contributed by atoms with E-state index in [1.165, 1.54) is 0 Å². The number of anilines is 1. The summed E-state index contributed by atoms with van der Waals surface area (Å²) in [6, 6.07) is 7.26. The highest BCUT2D eigenvalue weighted by atomic mass is 16.5. The van der Waals surface area contributed by atoms with Gasteiger partial charge in [0, 0.05) is 50.4 Å². The van der Waals surface area contributed by atoms with Gasteiger partial charge in [-0.25, -0.2) is 9.97 Å². The number of rotatable bonds is 4. The molecule has 156 valence electrons. The summed E-state index contributed by atoms with van der Waals surface area (Å²) in [6.07, 6.45) is 7.83. The molecular weight excluding hydrogens is 394 g/mol. The first-order valence-corrected chi connectivity index (χ1v) is 10.0. The van der Waals surface area contributed by atoms with E-state index in [1.54, 1.807) is 40.0 Å². The molecular formula is C22H21N7O2. The maximum Gasteiger partial charge on any atom is 0.264 e. The molecule has 0 saturated carbocycles. The SMILES string of the molecule is Cc1nc(-c2cnc3n(c2=O)CCCN3)ccc1Oc1ccnc(-c2cnn(C)c2)c1. The molecule has 4 aromatic heterocycles. The zero-order valence-electron chi connectivity index (χ0n) is 17.2. The van der Waals surface area contributed by atoms with Crippen molar-refractivity contribution >= 4 is 5.95 Å². The summed E-state index contributed by atoms with van der Waals surface area (Å²) >= 11 is 0. The van der Waals surface area contributed by atoms with Gasteiger partial charge in [0.05, 0.1) is 28.8 Å². The highest BCUT2D eigenvalue weighted by molar-refractivity contribution is 5.61. The summed E-state index contributed by atoms with van der Waals surface area (Å²) in [6.45, 7) is 3.34. The highest BCUT2D eigenvalue weighted by Crippen LogP contribution is 2.28. The normalized spacial score (nSPS) is 12.8. The van der Waals surface area contributed by atoms with Crippen LogP contribution in [0.3, 0.4) is 0 Å². The van der Waals surface area contributed by atoms with Crippen molar-refractivity contribution in [3.05, 3.63) is 65.1 Å². The van der Waals surface area contributed by atoms with Gasteiger partial charge in [-0.1, -0.05) is 0 Å². The first-order chi connectivity index (χ1) is 15.1. The zero-order chi connectivity index (χ0) is 21.4. The molecule has 1 N–H and O–H groups in total. The second-order valence-corrected chi connectivity index (χ2v) is 7.39. The Kier molecular flexibility index (Phi) is 4.70. The Balaban J connectivity index is 1.43. The third kappa shape index (κ3) is 3.65. The molecule has 31 heavy (non-hydrogen) atoms. The lowest BCUT2D eigenvalue weighted by Crippen LogP contribution is -2.30. The van der Waals surface area contributed by atoms with Crippen molar-refractivity contribution in [3.8, 4) is 34.0 Å². The topological polar surface area (TPSA) is 99.8 Å².